The second-order valence-electron chi connectivity index (χ2n) is 5.94. The van der Waals surface area contributed by atoms with Crippen LogP contribution in [0.15, 0.2) is 29.3 Å². The van der Waals surface area contributed by atoms with Gasteiger partial charge in [0.1, 0.15) is 11.9 Å². The van der Waals surface area contributed by atoms with Gasteiger partial charge in [-0.25, -0.2) is 4.39 Å². The van der Waals surface area contributed by atoms with Crippen LogP contribution in [0.2, 0.25) is 0 Å². The van der Waals surface area contributed by atoms with Gasteiger partial charge in [0.2, 0.25) is 0 Å². The van der Waals surface area contributed by atoms with Crippen molar-refractivity contribution in [2.24, 2.45) is 4.99 Å². The summed E-state index contributed by atoms with van der Waals surface area (Å²) in [6.45, 7) is 3.62. The summed E-state index contributed by atoms with van der Waals surface area (Å²) in [6, 6.07) is 6.61. The minimum Gasteiger partial charge on any atom is -0.375 e. The van der Waals surface area contributed by atoms with Crippen molar-refractivity contribution in [1.29, 1.82) is 0 Å². The van der Waals surface area contributed by atoms with Crippen LogP contribution in [0.1, 0.15) is 18.4 Å². The lowest BCUT2D eigenvalue weighted by molar-refractivity contribution is -0.0817. The molecule has 0 radical (unpaired) electrons. The van der Waals surface area contributed by atoms with E-state index in [-0.39, 0.29) is 42.0 Å². The minimum absolute atomic E-state index is 0. The van der Waals surface area contributed by atoms with Gasteiger partial charge in [-0.05, 0) is 30.5 Å². The topological polar surface area (TPSA) is 46.1 Å². The van der Waals surface area contributed by atoms with E-state index in [4.69, 9.17) is 9.47 Å². The van der Waals surface area contributed by atoms with E-state index >= 15 is 0 Å². The van der Waals surface area contributed by atoms with E-state index in [1.54, 1.807) is 13.1 Å². The highest BCUT2D eigenvalue weighted by molar-refractivity contribution is 14.0. The van der Waals surface area contributed by atoms with Crippen LogP contribution in [0.3, 0.4) is 0 Å². The predicted molar refractivity (Wildman–Crippen MR) is 102 cm³/mol. The van der Waals surface area contributed by atoms with E-state index in [0.717, 1.165) is 44.1 Å². The zero-order valence-corrected chi connectivity index (χ0v) is 16.2. The van der Waals surface area contributed by atoms with Gasteiger partial charge >= 0.3 is 0 Å². The van der Waals surface area contributed by atoms with E-state index in [9.17, 15) is 4.39 Å². The number of rotatable bonds is 3. The molecule has 3 rings (SSSR count). The molecule has 2 atom stereocenters. The molecule has 2 saturated heterocycles. The quantitative estimate of drug-likeness (QED) is 0.438. The molecule has 0 bridgehead atoms. The van der Waals surface area contributed by atoms with E-state index in [0.29, 0.717) is 13.2 Å². The van der Waals surface area contributed by atoms with Crippen LogP contribution >= 0.6 is 24.0 Å². The number of hydrogen-bond donors (Lipinski definition) is 1. The van der Waals surface area contributed by atoms with Gasteiger partial charge in [0.25, 0.3) is 0 Å². The highest BCUT2D eigenvalue weighted by Crippen LogP contribution is 2.21. The normalized spacial score (nSPS) is 24.6. The van der Waals surface area contributed by atoms with Crippen molar-refractivity contribution in [3.05, 3.63) is 35.6 Å². The predicted octanol–water partition coefficient (Wildman–Crippen LogP) is 2.40. The Morgan fingerprint density at radius 1 is 1.33 bits per heavy atom. The van der Waals surface area contributed by atoms with Crippen molar-refractivity contribution in [1.82, 2.24) is 10.2 Å². The van der Waals surface area contributed by atoms with Crippen molar-refractivity contribution < 1.29 is 13.9 Å². The molecule has 134 valence electrons. The molecule has 0 spiro atoms. The standard InChI is InChI=1S/C17H24FN3O2.HI/c1-19-17(20-11-13-4-2-5-14(18)10-13)21-7-9-23-16(12-21)15-6-3-8-22-15;/h2,4-5,10,15-16H,3,6-9,11-12H2,1H3,(H,19,20);1H. The Balaban J connectivity index is 0.00000208. The zero-order chi connectivity index (χ0) is 16.1. The summed E-state index contributed by atoms with van der Waals surface area (Å²) in [4.78, 5) is 6.54. The second-order valence-corrected chi connectivity index (χ2v) is 5.94. The lowest BCUT2D eigenvalue weighted by atomic mass is 10.1. The molecule has 2 fully saturated rings. The number of nitrogens with one attached hydrogen (secondary N) is 1. The SMILES string of the molecule is CN=C(NCc1cccc(F)c1)N1CCOC(C2CCCO2)C1.I. The number of benzene rings is 1. The molecule has 0 amide bonds. The first-order chi connectivity index (χ1) is 11.3. The summed E-state index contributed by atoms with van der Waals surface area (Å²) in [6.07, 6.45) is 2.46. The lowest BCUT2D eigenvalue weighted by Crippen LogP contribution is -2.53. The minimum atomic E-state index is -0.218. The maximum absolute atomic E-state index is 13.3. The van der Waals surface area contributed by atoms with Gasteiger partial charge in [-0.2, -0.15) is 0 Å². The summed E-state index contributed by atoms with van der Waals surface area (Å²) in [7, 11) is 1.77. The van der Waals surface area contributed by atoms with Gasteiger partial charge in [-0.3, -0.25) is 4.99 Å². The van der Waals surface area contributed by atoms with Gasteiger partial charge in [0, 0.05) is 33.3 Å². The van der Waals surface area contributed by atoms with Gasteiger partial charge in [0.15, 0.2) is 5.96 Å². The van der Waals surface area contributed by atoms with E-state index in [1.165, 1.54) is 12.1 Å². The average Bonchev–Trinajstić information content (AvgIpc) is 3.10. The largest absolute Gasteiger partial charge is 0.375 e. The van der Waals surface area contributed by atoms with Gasteiger partial charge in [-0.15, -0.1) is 24.0 Å². The third-order valence-corrected chi connectivity index (χ3v) is 4.32. The Bertz CT molecular complexity index is 552. The van der Waals surface area contributed by atoms with E-state index < -0.39 is 0 Å². The van der Waals surface area contributed by atoms with Crippen molar-refractivity contribution in [3.63, 3.8) is 0 Å². The van der Waals surface area contributed by atoms with Crippen LogP contribution in [0.5, 0.6) is 0 Å². The Morgan fingerprint density at radius 2 is 2.17 bits per heavy atom. The average molecular weight is 449 g/mol. The molecule has 7 heteroatoms. The van der Waals surface area contributed by atoms with Crippen molar-refractivity contribution in [2.45, 2.75) is 31.6 Å². The van der Waals surface area contributed by atoms with Gasteiger partial charge in [-0.1, -0.05) is 12.1 Å². The number of nitrogens with zero attached hydrogens (tertiary/aromatic N) is 2. The van der Waals surface area contributed by atoms with Crippen LogP contribution in [0.4, 0.5) is 4.39 Å². The molecule has 2 aliphatic rings. The molecular formula is C17H25FIN3O2. The molecule has 5 nitrogen and oxygen atoms in total. The number of morpholine rings is 1. The smallest absolute Gasteiger partial charge is 0.194 e. The van der Waals surface area contributed by atoms with Gasteiger partial charge in [0.05, 0.1) is 12.7 Å². The number of halogens is 2. The Kier molecular flexibility index (Phi) is 7.70. The van der Waals surface area contributed by atoms with Crippen LogP contribution < -0.4 is 5.32 Å². The monoisotopic (exact) mass is 449 g/mol. The number of hydrogen-bond acceptors (Lipinski definition) is 3. The summed E-state index contributed by atoms with van der Waals surface area (Å²) in [5.41, 5.74) is 0.898. The number of aliphatic imine (C=N–C) groups is 1. The molecule has 24 heavy (non-hydrogen) atoms. The maximum Gasteiger partial charge on any atom is 0.194 e. The van der Waals surface area contributed by atoms with Crippen molar-refractivity contribution in [2.75, 3.05) is 33.4 Å². The summed E-state index contributed by atoms with van der Waals surface area (Å²) in [5.74, 6) is 0.602. The third kappa shape index (κ3) is 5.03. The van der Waals surface area contributed by atoms with Crippen LogP contribution in [-0.2, 0) is 16.0 Å². The molecule has 0 aromatic heterocycles. The fraction of sp³-hybridized carbons (Fsp3) is 0.588. The maximum atomic E-state index is 13.3. The fourth-order valence-electron chi connectivity index (χ4n) is 3.15. The molecule has 1 aromatic carbocycles. The highest BCUT2D eigenvalue weighted by atomic mass is 127. The second kappa shape index (κ2) is 9.53. The van der Waals surface area contributed by atoms with Crippen LogP contribution in [-0.4, -0.2) is 56.4 Å². The zero-order valence-electron chi connectivity index (χ0n) is 13.9. The molecule has 0 saturated carbocycles. The Morgan fingerprint density at radius 3 is 2.88 bits per heavy atom. The molecule has 2 heterocycles. The molecule has 1 N–H and O–H groups in total. The van der Waals surface area contributed by atoms with Crippen LogP contribution in [0, 0.1) is 5.82 Å². The van der Waals surface area contributed by atoms with E-state index in [1.807, 2.05) is 6.07 Å². The molecule has 1 aromatic rings. The van der Waals surface area contributed by atoms with Gasteiger partial charge < -0.3 is 19.7 Å². The number of guanidine groups is 1. The Hall–Kier alpha value is -0.930. The molecule has 0 aliphatic carbocycles. The number of ether oxygens (including phenoxy) is 2. The lowest BCUT2D eigenvalue weighted by Gasteiger charge is -2.37. The molecule has 2 aliphatic heterocycles. The highest BCUT2D eigenvalue weighted by Gasteiger charge is 2.32. The van der Waals surface area contributed by atoms with Crippen LogP contribution in [0.25, 0.3) is 0 Å². The first kappa shape index (κ1) is 19.4. The van der Waals surface area contributed by atoms with Crippen molar-refractivity contribution >= 4 is 29.9 Å². The molecular weight excluding hydrogens is 424 g/mol. The summed E-state index contributed by atoms with van der Waals surface area (Å²) in [5, 5.41) is 3.31. The fourth-order valence-corrected chi connectivity index (χ4v) is 3.15. The van der Waals surface area contributed by atoms with E-state index in [2.05, 4.69) is 15.2 Å². The summed E-state index contributed by atoms with van der Waals surface area (Å²) >= 11 is 0. The third-order valence-electron chi connectivity index (χ3n) is 4.32. The van der Waals surface area contributed by atoms with Crippen molar-refractivity contribution in [3.8, 4) is 0 Å². The molecule has 2 unspecified atom stereocenters. The summed E-state index contributed by atoms with van der Waals surface area (Å²) < 4.78 is 24.9. The Labute approximate surface area is 159 Å². The first-order valence-electron chi connectivity index (χ1n) is 8.19. The first-order valence-corrected chi connectivity index (χ1v) is 8.19.